The largest absolute Gasteiger partial charge is 0.496 e. The van der Waals surface area contributed by atoms with Crippen molar-refractivity contribution >= 4 is 5.82 Å². The van der Waals surface area contributed by atoms with Crippen molar-refractivity contribution in [3.63, 3.8) is 0 Å². The Morgan fingerprint density at radius 3 is 2.28 bits per heavy atom. The average Bonchev–Trinajstić information content (AvgIpc) is 2.68. The van der Waals surface area contributed by atoms with Gasteiger partial charge in [-0.15, -0.1) is 0 Å². The van der Waals surface area contributed by atoms with Crippen LogP contribution in [0.1, 0.15) is 5.56 Å². The standard InChI is InChI=1S/C13H17N3O2/c1-8-5-12(18-4)9(6-11(8)17-3)10-7-13(14)15-16(10)2/h5-7H,1-4H3,(H2,14,15). The topological polar surface area (TPSA) is 62.3 Å². The number of anilines is 1. The maximum absolute atomic E-state index is 5.70. The molecular formula is C13H17N3O2. The van der Waals surface area contributed by atoms with Gasteiger partial charge in [0.2, 0.25) is 0 Å². The first-order valence-electron chi connectivity index (χ1n) is 5.59. The summed E-state index contributed by atoms with van der Waals surface area (Å²) in [6.07, 6.45) is 0. The van der Waals surface area contributed by atoms with Crippen LogP contribution in [0.15, 0.2) is 18.2 Å². The van der Waals surface area contributed by atoms with E-state index in [0.29, 0.717) is 5.82 Å². The summed E-state index contributed by atoms with van der Waals surface area (Å²) in [5, 5.41) is 4.14. The molecule has 0 radical (unpaired) electrons. The SMILES string of the molecule is COc1cc(-c2cc(N)nn2C)c(OC)cc1C. The zero-order valence-electron chi connectivity index (χ0n) is 11.0. The van der Waals surface area contributed by atoms with Gasteiger partial charge in [0, 0.05) is 18.7 Å². The Morgan fingerprint density at radius 2 is 1.78 bits per heavy atom. The first kappa shape index (κ1) is 12.3. The van der Waals surface area contributed by atoms with Crippen molar-refractivity contribution in [1.82, 2.24) is 9.78 Å². The molecule has 1 aromatic heterocycles. The quantitative estimate of drug-likeness (QED) is 0.901. The highest BCUT2D eigenvalue weighted by atomic mass is 16.5. The van der Waals surface area contributed by atoms with Crippen LogP contribution in [0.2, 0.25) is 0 Å². The zero-order valence-corrected chi connectivity index (χ0v) is 11.0. The van der Waals surface area contributed by atoms with Crippen molar-refractivity contribution in [2.75, 3.05) is 20.0 Å². The van der Waals surface area contributed by atoms with E-state index in [-0.39, 0.29) is 0 Å². The number of rotatable bonds is 3. The van der Waals surface area contributed by atoms with Gasteiger partial charge in [0.15, 0.2) is 0 Å². The Kier molecular flexibility index (Phi) is 3.14. The second-order valence-corrected chi connectivity index (χ2v) is 4.10. The number of nitrogens with two attached hydrogens (primary N) is 1. The van der Waals surface area contributed by atoms with E-state index in [1.54, 1.807) is 18.9 Å². The fourth-order valence-corrected chi connectivity index (χ4v) is 1.99. The minimum Gasteiger partial charge on any atom is -0.496 e. The number of aryl methyl sites for hydroxylation is 2. The summed E-state index contributed by atoms with van der Waals surface area (Å²) in [5.74, 6) is 2.07. The molecule has 0 aliphatic carbocycles. The molecule has 5 nitrogen and oxygen atoms in total. The Morgan fingerprint density at radius 1 is 1.11 bits per heavy atom. The van der Waals surface area contributed by atoms with Crippen LogP contribution in [0.3, 0.4) is 0 Å². The van der Waals surface area contributed by atoms with Gasteiger partial charge in [-0.3, -0.25) is 4.68 Å². The summed E-state index contributed by atoms with van der Waals surface area (Å²) in [6, 6.07) is 5.69. The third-order valence-corrected chi connectivity index (χ3v) is 2.89. The average molecular weight is 247 g/mol. The Hall–Kier alpha value is -2.17. The lowest BCUT2D eigenvalue weighted by Crippen LogP contribution is -1.98. The number of methoxy groups -OCH3 is 2. The number of benzene rings is 1. The summed E-state index contributed by atoms with van der Waals surface area (Å²) >= 11 is 0. The molecule has 2 N–H and O–H groups in total. The first-order valence-corrected chi connectivity index (χ1v) is 5.59. The van der Waals surface area contributed by atoms with E-state index in [2.05, 4.69) is 5.10 Å². The monoisotopic (exact) mass is 247 g/mol. The lowest BCUT2D eigenvalue weighted by molar-refractivity contribution is 0.401. The summed E-state index contributed by atoms with van der Waals surface area (Å²) in [5.41, 5.74) is 8.53. The molecule has 1 aromatic carbocycles. The van der Waals surface area contributed by atoms with Gasteiger partial charge < -0.3 is 15.2 Å². The fourth-order valence-electron chi connectivity index (χ4n) is 1.99. The first-order chi connectivity index (χ1) is 8.56. The molecule has 0 amide bonds. The number of ether oxygens (including phenoxy) is 2. The van der Waals surface area contributed by atoms with E-state index in [4.69, 9.17) is 15.2 Å². The van der Waals surface area contributed by atoms with E-state index in [9.17, 15) is 0 Å². The van der Waals surface area contributed by atoms with Crippen LogP contribution in [0.25, 0.3) is 11.3 Å². The Labute approximate surface area is 106 Å². The van der Waals surface area contributed by atoms with E-state index in [1.807, 2.05) is 32.2 Å². The molecule has 0 saturated heterocycles. The van der Waals surface area contributed by atoms with E-state index in [0.717, 1.165) is 28.3 Å². The molecule has 18 heavy (non-hydrogen) atoms. The molecule has 0 fully saturated rings. The van der Waals surface area contributed by atoms with E-state index >= 15 is 0 Å². The summed E-state index contributed by atoms with van der Waals surface area (Å²) < 4.78 is 12.5. The van der Waals surface area contributed by atoms with Crippen molar-refractivity contribution in [2.45, 2.75) is 6.92 Å². The summed E-state index contributed by atoms with van der Waals surface area (Å²) in [7, 11) is 5.14. The number of hydrogen-bond acceptors (Lipinski definition) is 4. The van der Waals surface area contributed by atoms with Crippen LogP contribution in [-0.4, -0.2) is 24.0 Å². The van der Waals surface area contributed by atoms with Gasteiger partial charge >= 0.3 is 0 Å². The van der Waals surface area contributed by atoms with Crippen LogP contribution in [-0.2, 0) is 7.05 Å². The molecule has 0 unspecified atom stereocenters. The van der Waals surface area contributed by atoms with Crippen LogP contribution in [0, 0.1) is 6.92 Å². The third-order valence-electron chi connectivity index (χ3n) is 2.89. The van der Waals surface area contributed by atoms with Crippen LogP contribution < -0.4 is 15.2 Å². The van der Waals surface area contributed by atoms with E-state index in [1.165, 1.54) is 0 Å². The van der Waals surface area contributed by atoms with Crippen LogP contribution in [0.5, 0.6) is 11.5 Å². The summed E-state index contributed by atoms with van der Waals surface area (Å²) in [6.45, 7) is 1.97. The lowest BCUT2D eigenvalue weighted by Gasteiger charge is -2.13. The molecule has 2 rings (SSSR count). The van der Waals surface area contributed by atoms with Crippen molar-refractivity contribution in [3.8, 4) is 22.8 Å². The van der Waals surface area contributed by atoms with Crippen molar-refractivity contribution in [2.24, 2.45) is 7.05 Å². The number of aromatic nitrogens is 2. The highest BCUT2D eigenvalue weighted by Gasteiger charge is 2.14. The van der Waals surface area contributed by atoms with Crippen molar-refractivity contribution in [1.29, 1.82) is 0 Å². The normalized spacial score (nSPS) is 10.4. The van der Waals surface area contributed by atoms with Gasteiger partial charge in [-0.25, -0.2) is 0 Å². The third kappa shape index (κ3) is 1.99. The van der Waals surface area contributed by atoms with Crippen molar-refractivity contribution in [3.05, 3.63) is 23.8 Å². The van der Waals surface area contributed by atoms with Gasteiger partial charge in [0.05, 0.1) is 19.9 Å². The number of nitrogens with zero attached hydrogens (tertiary/aromatic N) is 2. The maximum Gasteiger partial charge on any atom is 0.146 e. The van der Waals surface area contributed by atoms with Gasteiger partial charge in [0.25, 0.3) is 0 Å². The molecule has 0 aliphatic rings. The van der Waals surface area contributed by atoms with E-state index < -0.39 is 0 Å². The molecule has 0 saturated carbocycles. The Bertz CT molecular complexity index is 576. The molecule has 5 heteroatoms. The highest BCUT2D eigenvalue weighted by Crippen LogP contribution is 2.36. The zero-order chi connectivity index (χ0) is 13.3. The fraction of sp³-hybridized carbons (Fsp3) is 0.308. The van der Waals surface area contributed by atoms with Crippen molar-refractivity contribution < 1.29 is 9.47 Å². The molecule has 0 bridgehead atoms. The summed E-state index contributed by atoms with van der Waals surface area (Å²) in [4.78, 5) is 0. The molecule has 0 atom stereocenters. The second-order valence-electron chi connectivity index (χ2n) is 4.10. The molecule has 2 aromatic rings. The minimum atomic E-state index is 0.481. The second kappa shape index (κ2) is 4.60. The predicted octanol–water partition coefficient (Wildman–Crippen LogP) is 1.99. The highest BCUT2D eigenvalue weighted by molar-refractivity contribution is 5.72. The molecule has 0 spiro atoms. The lowest BCUT2D eigenvalue weighted by atomic mass is 10.1. The predicted molar refractivity (Wildman–Crippen MR) is 70.9 cm³/mol. The Balaban J connectivity index is 2.65. The molecule has 0 aliphatic heterocycles. The van der Waals surface area contributed by atoms with Crippen LogP contribution >= 0.6 is 0 Å². The molecular weight excluding hydrogens is 230 g/mol. The molecule has 1 heterocycles. The minimum absolute atomic E-state index is 0.481. The van der Waals surface area contributed by atoms with Gasteiger partial charge in [-0.2, -0.15) is 5.10 Å². The van der Waals surface area contributed by atoms with Crippen LogP contribution in [0.4, 0.5) is 5.82 Å². The van der Waals surface area contributed by atoms with Gasteiger partial charge in [-0.1, -0.05) is 0 Å². The molecule has 96 valence electrons. The number of hydrogen-bond donors (Lipinski definition) is 1. The number of nitrogen functional groups attached to an aromatic ring is 1. The maximum atomic E-state index is 5.70. The smallest absolute Gasteiger partial charge is 0.146 e. The van der Waals surface area contributed by atoms with Gasteiger partial charge in [0.1, 0.15) is 17.3 Å². The van der Waals surface area contributed by atoms with Gasteiger partial charge in [-0.05, 0) is 24.6 Å².